The average Bonchev–Trinajstić information content (AvgIpc) is 3.09. The summed E-state index contributed by atoms with van der Waals surface area (Å²) in [4.78, 5) is 11.4. The highest BCUT2D eigenvalue weighted by atomic mass is 16.1. The summed E-state index contributed by atoms with van der Waals surface area (Å²) in [6.07, 6.45) is 2.54. The molecule has 0 radical (unpaired) electrons. The van der Waals surface area contributed by atoms with Crippen LogP contribution >= 0.6 is 0 Å². The van der Waals surface area contributed by atoms with Crippen molar-refractivity contribution in [3.05, 3.63) is 29.8 Å². The number of carbonyl (C=O) groups is 1. The molecule has 0 bridgehead atoms. The third-order valence-electron chi connectivity index (χ3n) is 2.79. The maximum absolute atomic E-state index is 11.4. The molecule has 2 rings (SSSR count). The van der Waals surface area contributed by atoms with Gasteiger partial charge in [0, 0.05) is 12.2 Å². The minimum absolute atomic E-state index is 0.0764. The van der Waals surface area contributed by atoms with Crippen LogP contribution in [0.5, 0.6) is 0 Å². The highest BCUT2D eigenvalue weighted by molar-refractivity contribution is 5.80. The monoisotopic (exact) mass is 218 g/mol. The largest absolute Gasteiger partial charge is 0.376 e. The lowest BCUT2D eigenvalue weighted by Gasteiger charge is -2.07. The first-order valence-electron chi connectivity index (χ1n) is 5.81. The van der Waals surface area contributed by atoms with Gasteiger partial charge in [-0.2, -0.15) is 0 Å². The third-order valence-corrected chi connectivity index (χ3v) is 2.79. The van der Waals surface area contributed by atoms with E-state index in [0.717, 1.165) is 18.2 Å². The van der Waals surface area contributed by atoms with Crippen LogP contribution in [0.2, 0.25) is 0 Å². The van der Waals surface area contributed by atoms with Crippen molar-refractivity contribution in [2.75, 3.05) is 18.4 Å². The Morgan fingerprint density at radius 3 is 2.62 bits per heavy atom. The second-order valence-corrected chi connectivity index (χ2v) is 4.47. The molecule has 2 N–H and O–H groups in total. The number of benzene rings is 1. The Bertz CT molecular complexity index is 355. The van der Waals surface area contributed by atoms with Gasteiger partial charge in [-0.3, -0.25) is 4.79 Å². The van der Waals surface area contributed by atoms with E-state index < -0.39 is 0 Å². The summed E-state index contributed by atoms with van der Waals surface area (Å²) in [7, 11) is 0. The number of hydrogen-bond acceptors (Lipinski definition) is 2. The van der Waals surface area contributed by atoms with Crippen LogP contribution in [0.3, 0.4) is 0 Å². The van der Waals surface area contributed by atoms with Crippen molar-refractivity contribution in [1.82, 2.24) is 5.32 Å². The quantitative estimate of drug-likeness (QED) is 0.793. The summed E-state index contributed by atoms with van der Waals surface area (Å²) < 4.78 is 0. The Morgan fingerprint density at radius 2 is 2.00 bits per heavy atom. The van der Waals surface area contributed by atoms with E-state index in [1.807, 2.05) is 31.2 Å². The molecule has 1 saturated carbocycles. The molecular weight excluding hydrogens is 200 g/mol. The topological polar surface area (TPSA) is 41.1 Å². The van der Waals surface area contributed by atoms with Crippen LogP contribution in [-0.2, 0) is 4.79 Å². The number of anilines is 1. The number of amides is 1. The van der Waals surface area contributed by atoms with E-state index in [1.54, 1.807) is 0 Å². The Hall–Kier alpha value is -1.51. The molecule has 1 aliphatic rings. The van der Waals surface area contributed by atoms with Crippen LogP contribution in [-0.4, -0.2) is 19.0 Å². The third kappa shape index (κ3) is 3.57. The average molecular weight is 218 g/mol. The van der Waals surface area contributed by atoms with E-state index in [0.29, 0.717) is 6.54 Å². The number of carbonyl (C=O) groups excluding carboxylic acids is 1. The fourth-order valence-corrected chi connectivity index (χ4v) is 1.50. The summed E-state index contributed by atoms with van der Waals surface area (Å²) in [5.41, 5.74) is 2.22. The van der Waals surface area contributed by atoms with Crippen LogP contribution in [0.25, 0.3) is 0 Å². The highest BCUT2D eigenvalue weighted by Gasteiger charge is 2.21. The van der Waals surface area contributed by atoms with Gasteiger partial charge in [-0.05, 0) is 37.8 Å². The molecule has 1 amide bonds. The van der Waals surface area contributed by atoms with Crippen molar-refractivity contribution in [1.29, 1.82) is 0 Å². The molecule has 0 heterocycles. The molecule has 1 aliphatic carbocycles. The fraction of sp³-hybridized carbons (Fsp3) is 0.462. The molecule has 0 spiro atoms. The Morgan fingerprint density at radius 1 is 1.31 bits per heavy atom. The minimum Gasteiger partial charge on any atom is -0.376 e. The molecule has 3 heteroatoms. The lowest BCUT2D eigenvalue weighted by atomic mass is 10.2. The number of nitrogens with one attached hydrogen (secondary N) is 2. The van der Waals surface area contributed by atoms with E-state index in [-0.39, 0.29) is 5.91 Å². The maximum atomic E-state index is 11.4. The predicted octanol–water partition coefficient (Wildman–Crippen LogP) is 1.93. The van der Waals surface area contributed by atoms with Crippen molar-refractivity contribution in [3.63, 3.8) is 0 Å². The van der Waals surface area contributed by atoms with E-state index in [4.69, 9.17) is 0 Å². The second kappa shape index (κ2) is 5.01. The SMILES string of the molecule is Cc1ccc(NCC(=O)NCC2CC2)cc1. The van der Waals surface area contributed by atoms with E-state index in [1.165, 1.54) is 18.4 Å². The molecule has 1 fully saturated rings. The minimum atomic E-state index is 0.0764. The normalized spacial score (nSPS) is 14.6. The lowest BCUT2D eigenvalue weighted by molar-refractivity contribution is -0.119. The van der Waals surface area contributed by atoms with Gasteiger partial charge in [0.15, 0.2) is 0 Å². The summed E-state index contributed by atoms with van der Waals surface area (Å²) >= 11 is 0. The summed E-state index contributed by atoms with van der Waals surface area (Å²) in [6.45, 7) is 3.25. The van der Waals surface area contributed by atoms with Crippen LogP contribution in [0, 0.1) is 12.8 Å². The van der Waals surface area contributed by atoms with Gasteiger partial charge in [0.2, 0.25) is 5.91 Å². The van der Waals surface area contributed by atoms with Crippen molar-refractivity contribution >= 4 is 11.6 Å². The van der Waals surface area contributed by atoms with Gasteiger partial charge in [-0.15, -0.1) is 0 Å². The molecule has 0 atom stereocenters. The summed E-state index contributed by atoms with van der Waals surface area (Å²) in [5.74, 6) is 0.816. The molecule has 1 aromatic carbocycles. The van der Waals surface area contributed by atoms with Crippen molar-refractivity contribution < 1.29 is 4.79 Å². The van der Waals surface area contributed by atoms with E-state index >= 15 is 0 Å². The van der Waals surface area contributed by atoms with Crippen molar-refractivity contribution in [3.8, 4) is 0 Å². The van der Waals surface area contributed by atoms with Crippen LogP contribution < -0.4 is 10.6 Å². The van der Waals surface area contributed by atoms with Crippen molar-refractivity contribution in [2.45, 2.75) is 19.8 Å². The fourth-order valence-electron chi connectivity index (χ4n) is 1.50. The Balaban J connectivity index is 1.69. The van der Waals surface area contributed by atoms with Gasteiger partial charge in [0.1, 0.15) is 0 Å². The molecule has 0 saturated heterocycles. The van der Waals surface area contributed by atoms with E-state index in [2.05, 4.69) is 10.6 Å². The Kier molecular flexibility index (Phi) is 3.44. The van der Waals surface area contributed by atoms with Gasteiger partial charge in [0.05, 0.1) is 6.54 Å². The number of aryl methyl sites for hydroxylation is 1. The number of hydrogen-bond donors (Lipinski definition) is 2. The Labute approximate surface area is 96.2 Å². The number of rotatable bonds is 5. The zero-order chi connectivity index (χ0) is 11.4. The zero-order valence-corrected chi connectivity index (χ0v) is 9.62. The molecule has 0 unspecified atom stereocenters. The standard InChI is InChI=1S/C13H18N2O/c1-10-2-6-12(7-3-10)14-9-13(16)15-8-11-4-5-11/h2-3,6-7,11,14H,4-5,8-9H2,1H3,(H,15,16). The van der Waals surface area contributed by atoms with Gasteiger partial charge >= 0.3 is 0 Å². The zero-order valence-electron chi connectivity index (χ0n) is 9.62. The van der Waals surface area contributed by atoms with Crippen molar-refractivity contribution in [2.24, 2.45) is 5.92 Å². The van der Waals surface area contributed by atoms with E-state index in [9.17, 15) is 4.79 Å². The predicted molar refractivity (Wildman–Crippen MR) is 65.4 cm³/mol. The first kappa shape index (κ1) is 11.0. The second-order valence-electron chi connectivity index (χ2n) is 4.47. The molecular formula is C13H18N2O. The maximum Gasteiger partial charge on any atom is 0.239 e. The highest BCUT2D eigenvalue weighted by Crippen LogP contribution is 2.27. The van der Waals surface area contributed by atoms with Gasteiger partial charge in [-0.1, -0.05) is 17.7 Å². The van der Waals surface area contributed by atoms with Gasteiger partial charge < -0.3 is 10.6 Å². The molecule has 1 aromatic rings. The van der Waals surface area contributed by atoms with Gasteiger partial charge in [-0.25, -0.2) is 0 Å². The lowest BCUT2D eigenvalue weighted by Crippen LogP contribution is -2.31. The summed E-state index contributed by atoms with van der Waals surface area (Å²) in [6, 6.07) is 8.04. The first-order valence-corrected chi connectivity index (χ1v) is 5.81. The summed E-state index contributed by atoms with van der Waals surface area (Å²) in [5, 5.41) is 6.03. The molecule has 86 valence electrons. The van der Waals surface area contributed by atoms with Crippen LogP contribution in [0.4, 0.5) is 5.69 Å². The van der Waals surface area contributed by atoms with Gasteiger partial charge in [0.25, 0.3) is 0 Å². The molecule has 3 nitrogen and oxygen atoms in total. The molecule has 0 aromatic heterocycles. The smallest absolute Gasteiger partial charge is 0.239 e. The molecule has 16 heavy (non-hydrogen) atoms. The first-order chi connectivity index (χ1) is 7.74. The van der Waals surface area contributed by atoms with Crippen LogP contribution in [0.1, 0.15) is 18.4 Å². The van der Waals surface area contributed by atoms with Crippen LogP contribution in [0.15, 0.2) is 24.3 Å². The molecule has 0 aliphatic heterocycles.